The number of imidazole rings is 1. The van der Waals surface area contributed by atoms with Crippen LogP contribution in [0, 0.1) is 0 Å². The molecule has 0 spiro atoms. The van der Waals surface area contributed by atoms with Crippen LogP contribution in [0.15, 0.2) is 37.4 Å². The molecular formula is C9H9N3O. The normalized spacial score (nSPS) is 13.0. The van der Waals surface area contributed by atoms with Crippen LogP contribution in [0.25, 0.3) is 5.65 Å². The van der Waals surface area contributed by atoms with E-state index in [-0.39, 0.29) is 0 Å². The van der Waals surface area contributed by atoms with Gasteiger partial charge < -0.3 is 5.11 Å². The smallest absolute Gasteiger partial charge is 0.155 e. The Balaban J connectivity index is 2.64. The molecular weight excluding hydrogens is 166 g/mol. The van der Waals surface area contributed by atoms with E-state index in [9.17, 15) is 5.11 Å². The molecule has 0 aliphatic rings. The third kappa shape index (κ3) is 1.21. The zero-order valence-corrected chi connectivity index (χ0v) is 6.96. The van der Waals surface area contributed by atoms with Gasteiger partial charge in [0, 0.05) is 12.4 Å². The van der Waals surface area contributed by atoms with Gasteiger partial charge in [0.05, 0.1) is 18.1 Å². The van der Waals surface area contributed by atoms with E-state index in [0.29, 0.717) is 5.69 Å². The highest BCUT2D eigenvalue weighted by molar-refractivity contribution is 5.37. The topological polar surface area (TPSA) is 50.4 Å². The fourth-order valence-corrected chi connectivity index (χ4v) is 1.20. The summed E-state index contributed by atoms with van der Waals surface area (Å²) in [5, 5.41) is 9.52. The molecule has 2 rings (SSSR count). The van der Waals surface area contributed by atoms with E-state index >= 15 is 0 Å². The molecule has 2 heterocycles. The summed E-state index contributed by atoms with van der Waals surface area (Å²) in [5.41, 5.74) is 1.42. The van der Waals surface area contributed by atoms with Gasteiger partial charge in [-0.25, -0.2) is 4.98 Å². The van der Waals surface area contributed by atoms with Crippen molar-refractivity contribution in [3.05, 3.63) is 43.1 Å². The summed E-state index contributed by atoms with van der Waals surface area (Å²) in [7, 11) is 0. The molecule has 13 heavy (non-hydrogen) atoms. The molecule has 1 unspecified atom stereocenters. The van der Waals surface area contributed by atoms with Gasteiger partial charge in [-0.15, -0.1) is 6.58 Å². The lowest BCUT2D eigenvalue weighted by atomic mass is 10.3. The van der Waals surface area contributed by atoms with Crippen LogP contribution in [0.4, 0.5) is 0 Å². The fraction of sp³-hybridized carbons (Fsp3) is 0.111. The molecule has 0 fully saturated rings. The molecule has 0 saturated carbocycles. The van der Waals surface area contributed by atoms with Crippen molar-refractivity contribution < 1.29 is 5.11 Å². The Morgan fingerprint density at radius 1 is 1.54 bits per heavy atom. The van der Waals surface area contributed by atoms with Crippen molar-refractivity contribution >= 4 is 5.65 Å². The van der Waals surface area contributed by atoms with Crippen molar-refractivity contribution in [3.63, 3.8) is 0 Å². The van der Waals surface area contributed by atoms with Gasteiger partial charge in [-0.2, -0.15) is 0 Å². The van der Waals surface area contributed by atoms with Crippen LogP contribution in [-0.4, -0.2) is 19.5 Å². The second-order valence-electron chi connectivity index (χ2n) is 2.67. The first-order valence-electron chi connectivity index (χ1n) is 3.90. The number of rotatable bonds is 2. The number of hydrogen-bond donors (Lipinski definition) is 1. The van der Waals surface area contributed by atoms with Crippen molar-refractivity contribution in [3.8, 4) is 0 Å². The minimum absolute atomic E-state index is 0.683. The first-order valence-corrected chi connectivity index (χ1v) is 3.90. The van der Waals surface area contributed by atoms with Gasteiger partial charge in [-0.3, -0.25) is 9.38 Å². The van der Waals surface area contributed by atoms with Crippen LogP contribution in [0.5, 0.6) is 0 Å². The molecule has 4 heteroatoms. The molecule has 4 nitrogen and oxygen atoms in total. The van der Waals surface area contributed by atoms with E-state index in [2.05, 4.69) is 16.5 Å². The predicted octanol–water partition coefficient (Wildman–Crippen LogP) is 0.949. The molecule has 0 aromatic carbocycles. The van der Waals surface area contributed by atoms with E-state index < -0.39 is 6.10 Å². The Bertz CT molecular complexity index is 435. The highest BCUT2D eigenvalue weighted by atomic mass is 16.3. The number of aliphatic hydroxyl groups is 1. The molecule has 2 aromatic heterocycles. The van der Waals surface area contributed by atoms with E-state index in [4.69, 9.17) is 0 Å². The third-order valence-corrected chi connectivity index (χ3v) is 1.87. The maximum Gasteiger partial charge on any atom is 0.155 e. The Labute approximate surface area is 75.2 Å². The third-order valence-electron chi connectivity index (χ3n) is 1.87. The van der Waals surface area contributed by atoms with Gasteiger partial charge in [0.2, 0.25) is 0 Å². The van der Waals surface area contributed by atoms with E-state index in [1.54, 1.807) is 29.2 Å². The fourth-order valence-electron chi connectivity index (χ4n) is 1.20. The van der Waals surface area contributed by atoms with E-state index in [1.807, 2.05) is 0 Å². The van der Waals surface area contributed by atoms with Gasteiger partial charge in [0.25, 0.3) is 0 Å². The summed E-state index contributed by atoms with van der Waals surface area (Å²) in [4.78, 5) is 8.00. The number of nitrogens with zero attached hydrogens (tertiary/aromatic N) is 3. The summed E-state index contributed by atoms with van der Waals surface area (Å²) < 4.78 is 1.78. The lowest BCUT2D eigenvalue weighted by molar-refractivity contribution is 0.223. The first-order chi connectivity index (χ1) is 6.33. The quantitative estimate of drug-likeness (QED) is 0.691. The second kappa shape index (κ2) is 2.99. The van der Waals surface area contributed by atoms with Gasteiger partial charge >= 0.3 is 0 Å². The van der Waals surface area contributed by atoms with Crippen LogP contribution in [-0.2, 0) is 0 Å². The molecule has 0 saturated heterocycles. The first kappa shape index (κ1) is 7.94. The Morgan fingerprint density at radius 2 is 2.38 bits per heavy atom. The average Bonchev–Trinajstić information content (AvgIpc) is 2.60. The zero-order valence-electron chi connectivity index (χ0n) is 6.96. The highest BCUT2D eigenvalue weighted by Gasteiger charge is 2.08. The van der Waals surface area contributed by atoms with Crippen molar-refractivity contribution in [2.24, 2.45) is 0 Å². The standard InChI is InChI=1S/C9H9N3O/c1-2-8(13)7-5-11-9-6-10-3-4-12(7)9/h2-6,8,13H,1H2. The molecule has 0 amide bonds. The molecule has 0 radical (unpaired) electrons. The molecule has 66 valence electrons. The monoisotopic (exact) mass is 175 g/mol. The minimum Gasteiger partial charge on any atom is -0.383 e. The summed E-state index contributed by atoms with van der Waals surface area (Å²) in [6.07, 6.45) is 7.43. The van der Waals surface area contributed by atoms with E-state index in [0.717, 1.165) is 5.65 Å². The van der Waals surface area contributed by atoms with E-state index in [1.165, 1.54) is 6.08 Å². The zero-order chi connectivity index (χ0) is 9.26. The Hall–Kier alpha value is -1.68. The predicted molar refractivity (Wildman–Crippen MR) is 48.1 cm³/mol. The lowest BCUT2D eigenvalue weighted by Gasteiger charge is -2.03. The average molecular weight is 175 g/mol. The summed E-state index contributed by atoms with van der Waals surface area (Å²) in [6.45, 7) is 3.52. The molecule has 0 aliphatic heterocycles. The second-order valence-corrected chi connectivity index (χ2v) is 2.67. The SMILES string of the molecule is C=CC(O)c1cnc2cnccn12. The molecule has 0 aliphatic carbocycles. The highest BCUT2D eigenvalue weighted by Crippen LogP contribution is 2.14. The molecule has 0 bridgehead atoms. The van der Waals surface area contributed by atoms with Gasteiger partial charge in [-0.1, -0.05) is 6.08 Å². The number of aromatic nitrogens is 3. The number of hydrogen-bond acceptors (Lipinski definition) is 3. The maximum atomic E-state index is 9.52. The van der Waals surface area contributed by atoms with Crippen LogP contribution in [0.2, 0.25) is 0 Å². The van der Waals surface area contributed by atoms with Gasteiger partial charge in [0.1, 0.15) is 6.10 Å². The van der Waals surface area contributed by atoms with Gasteiger partial charge in [0.15, 0.2) is 5.65 Å². The summed E-state index contributed by atoms with van der Waals surface area (Å²) in [6, 6.07) is 0. The minimum atomic E-state index is -0.683. The molecule has 1 atom stereocenters. The lowest BCUT2D eigenvalue weighted by Crippen LogP contribution is -1.97. The number of fused-ring (bicyclic) bond motifs is 1. The van der Waals surface area contributed by atoms with Crippen LogP contribution < -0.4 is 0 Å². The summed E-state index contributed by atoms with van der Waals surface area (Å²) >= 11 is 0. The van der Waals surface area contributed by atoms with Gasteiger partial charge in [-0.05, 0) is 0 Å². The van der Waals surface area contributed by atoms with Crippen LogP contribution >= 0.6 is 0 Å². The van der Waals surface area contributed by atoms with Crippen molar-refractivity contribution in [2.75, 3.05) is 0 Å². The molecule has 2 aromatic rings. The van der Waals surface area contributed by atoms with Crippen LogP contribution in [0.3, 0.4) is 0 Å². The van der Waals surface area contributed by atoms with Crippen molar-refractivity contribution in [2.45, 2.75) is 6.10 Å². The Morgan fingerprint density at radius 3 is 3.15 bits per heavy atom. The summed E-state index contributed by atoms with van der Waals surface area (Å²) in [5.74, 6) is 0. The molecule has 1 N–H and O–H groups in total. The largest absolute Gasteiger partial charge is 0.383 e. The van der Waals surface area contributed by atoms with Crippen molar-refractivity contribution in [1.82, 2.24) is 14.4 Å². The number of aliphatic hydroxyl groups excluding tert-OH is 1. The van der Waals surface area contributed by atoms with Crippen molar-refractivity contribution in [1.29, 1.82) is 0 Å². The Kier molecular flexibility index (Phi) is 1.83. The maximum absolute atomic E-state index is 9.52. The van der Waals surface area contributed by atoms with Crippen LogP contribution in [0.1, 0.15) is 11.8 Å².